The monoisotopic (exact) mass is 466 g/mol. The molecule has 6 rings (SSSR count). The molecule has 6 aliphatic carbocycles. The molecule has 0 amide bonds. The summed E-state index contributed by atoms with van der Waals surface area (Å²) in [4.78, 5) is 38.0. The first kappa shape index (κ1) is 22.7. The number of carbonyl (C=O) groups excluding carboxylic acids is 3. The van der Waals surface area contributed by atoms with Gasteiger partial charge in [-0.15, -0.1) is 0 Å². The fourth-order valence-electron chi connectivity index (χ4n) is 10.0. The first-order valence-corrected chi connectivity index (χ1v) is 13.4. The summed E-state index contributed by atoms with van der Waals surface area (Å²) in [5.41, 5.74) is 1.56. The topological polar surface area (TPSA) is 80.7 Å². The second kappa shape index (κ2) is 7.62. The van der Waals surface area contributed by atoms with Crippen LogP contribution in [0.25, 0.3) is 0 Å². The zero-order valence-electron chi connectivity index (χ0n) is 20.7. The molecule has 6 aliphatic rings. The van der Waals surface area contributed by atoms with Gasteiger partial charge in [0, 0.05) is 37.5 Å². The summed E-state index contributed by atoms with van der Waals surface area (Å²) in [5, 5.41) is 10.6. The molecule has 11 atom stereocenters. The molecule has 34 heavy (non-hydrogen) atoms. The van der Waals surface area contributed by atoms with E-state index < -0.39 is 6.10 Å². The minimum Gasteiger partial charge on any atom is -0.462 e. The maximum absolute atomic E-state index is 13.5. The van der Waals surface area contributed by atoms with Crippen molar-refractivity contribution >= 4 is 17.5 Å². The van der Waals surface area contributed by atoms with Crippen molar-refractivity contribution in [3.8, 4) is 0 Å². The van der Waals surface area contributed by atoms with E-state index in [2.05, 4.69) is 19.9 Å². The molecule has 1 N–H and O–H groups in total. The molecule has 5 heteroatoms. The SMILES string of the molecule is CC(=O)O[C@H]1CCC2(C)C(=CCC3C2CCC2(C)C3C[C@@H]3[C@H]4C(=O)C=C[C@@H](O)[C@H]4CC(=O)[C@@H]32)C1. The highest BCUT2D eigenvalue weighted by Gasteiger charge is 2.66. The number of aliphatic hydroxyl groups is 1. The maximum Gasteiger partial charge on any atom is 0.302 e. The van der Waals surface area contributed by atoms with Gasteiger partial charge >= 0.3 is 5.97 Å². The molecule has 4 saturated carbocycles. The Morgan fingerprint density at radius 3 is 2.62 bits per heavy atom. The first-order valence-electron chi connectivity index (χ1n) is 13.4. The number of ether oxygens (including phenoxy) is 1. The van der Waals surface area contributed by atoms with E-state index in [0.717, 1.165) is 44.9 Å². The number of esters is 1. The summed E-state index contributed by atoms with van der Waals surface area (Å²) in [5.74, 6) is 1.38. The smallest absolute Gasteiger partial charge is 0.302 e. The van der Waals surface area contributed by atoms with Gasteiger partial charge in [-0.05, 0) is 79.1 Å². The van der Waals surface area contributed by atoms with Gasteiger partial charge in [0.15, 0.2) is 5.78 Å². The summed E-state index contributed by atoms with van der Waals surface area (Å²) in [6.07, 6.45) is 12.2. The third-order valence-electron chi connectivity index (χ3n) is 11.4. The van der Waals surface area contributed by atoms with Gasteiger partial charge in [-0.1, -0.05) is 31.6 Å². The Labute approximate surface area is 202 Å². The van der Waals surface area contributed by atoms with Crippen LogP contribution in [0.4, 0.5) is 0 Å². The lowest BCUT2D eigenvalue weighted by atomic mass is 9.47. The van der Waals surface area contributed by atoms with Crippen LogP contribution in [0.5, 0.6) is 0 Å². The van der Waals surface area contributed by atoms with Crippen molar-refractivity contribution in [2.75, 3.05) is 0 Å². The molecule has 0 saturated heterocycles. The van der Waals surface area contributed by atoms with Crippen LogP contribution in [-0.2, 0) is 19.1 Å². The molecular formula is C29H38O5. The molecule has 5 unspecified atom stereocenters. The van der Waals surface area contributed by atoms with E-state index in [1.165, 1.54) is 12.5 Å². The van der Waals surface area contributed by atoms with E-state index in [-0.39, 0.29) is 58.1 Å². The molecule has 0 aromatic heterocycles. The maximum atomic E-state index is 13.5. The highest BCUT2D eigenvalue weighted by atomic mass is 16.5. The Kier molecular flexibility index (Phi) is 5.09. The molecule has 184 valence electrons. The minimum atomic E-state index is -0.678. The molecule has 0 aromatic rings. The van der Waals surface area contributed by atoms with E-state index in [4.69, 9.17) is 4.74 Å². The quantitative estimate of drug-likeness (QED) is 0.457. The van der Waals surface area contributed by atoms with Crippen LogP contribution in [0.2, 0.25) is 0 Å². The largest absolute Gasteiger partial charge is 0.462 e. The Bertz CT molecular complexity index is 994. The number of rotatable bonds is 1. The molecule has 0 radical (unpaired) electrons. The van der Waals surface area contributed by atoms with E-state index in [1.807, 2.05) is 0 Å². The zero-order chi connectivity index (χ0) is 24.0. The molecule has 4 fully saturated rings. The van der Waals surface area contributed by atoms with Crippen LogP contribution in [0, 0.1) is 52.3 Å². The normalized spacial score (nSPS) is 51.4. The molecule has 0 bridgehead atoms. The minimum absolute atomic E-state index is 0.00272. The van der Waals surface area contributed by atoms with Crippen LogP contribution in [0.15, 0.2) is 23.8 Å². The van der Waals surface area contributed by atoms with Gasteiger partial charge in [-0.3, -0.25) is 14.4 Å². The number of hydrogen-bond acceptors (Lipinski definition) is 5. The Balaban J connectivity index is 1.31. The fraction of sp³-hybridized carbons (Fsp3) is 0.759. The van der Waals surface area contributed by atoms with Crippen molar-refractivity contribution < 1.29 is 24.2 Å². The van der Waals surface area contributed by atoms with E-state index in [9.17, 15) is 19.5 Å². The van der Waals surface area contributed by atoms with E-state index in [1.54, 1.807) is 12.2 Å². The third kappa shape index (κ3) is 3.04. The van der Waals surface area contributed by atoms with Crippen molar-refractivity contribution in [2.45, 2.75) is 84.3 Å². The fourth-order valence-corrected chi connectivity index (χ4v) is 10.0. The predicted molar refractivity (Wildman–Crippen MR) is 126 cm³/mol. The van der Waals surface area contributed by atoms with Crippen molar-refractivity contribution in [3.63, 3.8) is 0 Å². The summed E-state index contributed by atoms with van der Waals surface area (Å²) >= 11 is 0. The Hall–Kier alpha value is -1.75. The van der Waals surface area contributed by atoms with Gasteiger partial charge in [-0.2, -0.15) is 0 Å². The Morgan fingerprint density at radius 1 is 1.06 bits per heavy atom. The number of carbonyl (C=O) groups is 3. The summed E-state index contributed by atoms with van der Waals surface area (Å²) in [6, 6.07) is 0. The average Bonchev–Trinajstić information content (AvgIpc) is 3.10. The standard InChI is InChI=1S/C29H38O5/c1-15(30)34-17-8-10-28(2)16(12-17)4-5-18-21(28)9-11-29(3)22(18)13-20-26-19(14-25(33)27(20)29)23(31)6-7-24(26)32/h4,6-7,17-23,26-27,31H,5,8-14H2,1-3H3/t17-,18?,19+,20+,21?,22?,23+,26-,27+,28?,29?/m0/s1. The summed E-state index contributed by atoms with van der Waals surface area (Å²) in [6.45, 7) is 6.27. The van der Waals surface area contributed by atoms with Gasteiger partial charge in [0.1, 0.15) is 11.9 Å². The highest BCUT2D eigenvalue weighted by molar-refractivity contribution is 5.96. The highest BCUT2D eigenvalue weighted by Crippen LogP contribution is 2.69. The van der Waals surface area contributed by atoms with Crippen LogP contribution < -0.4 is 0 Å². The van der Waals surface area contributed by atoms with Gasteiger partial charge < -0.3 is 9.84 Å². The van der Waals surface area contributed by atoms with Crippen LogP contribution in [0.1, 0.15) is 72.1 Å². The zero-order valence-corrected chi connectivity index (χ0v) is 20.7. The molecule has 5 nitrogen and oxygen atoms in total. The third-order valence-corrected chi connectivity index (χ3v) is 11.4. The van der Waals surface area contributed by atoms with Crippen molar-refractivity contribution in [3.05, 3.63) is 23.8 Å². The van der Waals surface area contributed by atoms with Gasteiger partial charge in [-0.25, -0.2) is 0 Å². The number of allylic oxidation sites excluding steroid dienone is 2. The Morgan fingerprint density at radius 2 is 1.85 bits per heavy atom. The second-order valence-electron chi connectivity index (χ2n) is 12.8. The number of Topliss-reactive ketones (excluding diaryl/α,β-unsaturated/α-hetero) is 1. The van der Waals surface area contributed by atoms with E-state index in [0.29, 0.717) is 24.2 Å². The predicted octanol–water partition coefficient (Wildman–Crippen LogP) is 4.43. The molecule has 0 aromatic carbocycles. The number of ketones is 2. The van der Waals surface area contributed by atoms with Crippen LogP contribution in [-0.4, -0.2) is 34.9 Å². The number of hydrogen-bond donors (Lipinski definition) is 1. The van der Waals surface area contributed by atoms with Gasteiger partial charge in [0.05, 0.1) is 6.10 Å². The molecule has 0 heterocycles. The van der Waals surface area contributed by atoms with Gasteiger partial charge in [0.2, 0.25) is 0 Å². The summed E-state index contributed by atoms with van der Waals surface area (Å²) < 4.78 is 5.58. The van der Waals surface area contributed by atoms with Crippen molar-refractivity contribution in [2.24, 2.45) is 52.3 Å². The lowest BCUT2D eigenvalue weighted by Crippen LogP contribution is -2.53. The lowest BCUT2D eigenvalue weighted by Gasteiger charge is -2.58. The average molecular weight is 467 g/mol. The number of fused-ring (bicyclic) bond motifs is 9. The lowest BCUT2D eigenvalue weighted by molar-refractivity contribution is -0.150. The first-order chi connectivity index (χ1) is 16.1. The van der Waals surface area contributed by atoms with Crippen molar-refractivity contribution in [1.82, 2.24) is 0 Å². The van der Waals surface area contributed by atoms with E-state index >= 15 is 0 Å². The van der Waals surface area contributed by atoms with Crippen molar-refractivity contribution in [1.29, 1.82) is 0 Å². The molecular weight excluding hydrogens is 428 g/mol. The molecule has 0 aliphatic heterocycles. The van der Waals surface area contributed by atoms with Gasteiger partial charge in [0.25, 0.3) is 0 Å². The van der Waals surface area contributed by atoms with Crippen LogP contribution in [0.3, 0.4) is 0 Å². The molecule has 0 spiro atoms. The van der Waals surface area contributed by atoms with Crippen LogP contribution >= 0.6 is 0 Å². The second-order valence-corrected chi connectivity index (χ2v) is 12.8. The summed E-state index contributed by atoms with van der Waals surface area (Å²) in [7, 11) is 0. The number of aliphatic hydroxyl groups excluding tert-OH is 1.